The first-order chi connectivity index (χ1) is 8.80. The third-order valence-electron chi connectivity index (χ3n) is 2.58. The molecule has 3 N–H and O–H groups in total. The van der Waals surface area contributed by atoms with Crippen LogP contribution in [0.1, 0.15) is 0 Å². The van der Waals surface area contributed by atoms with E-state index in [9.17, 15) is 18.3 Å². The molecule has 0 unspecified atom stereocenters. The molecule has 0 amide bonds. The Morgan fingerprint density at radius 2 is 1.68 bits per heavy atom. The number of hydrogen-bond donors (Lipinski definition) is 2. The maximum absolute atomic E-state index is 12.1. The van der Waals surface area contributed by atoms with Gasteiger partial charge < -0.3 is 10.8 Å². The molecular formula is C12H12N2O4S. The van der Waals surface area contributed by atoms with Gasteiger partial charge in [-0.25, -0.2) is 13.0 Å². The summed E-state index contributed by atoms with van der Waals surface area (Å²) in [7, 11) is -3.66. The molecule has 1 aromatic heterocycles. The van der Waals surface area contributed by atoms with Gasteiger partial charge in [0.15, 0.2) is 15.7 Å². The monoisotopic (exact) mass is 280 g/mol. The molecule has 0 aliphatic heterocycles. The molecule has 100 valence electrons. The highest BCUT2D eigenvalue weighted by Crippen LogP contribution is 2.17. The van der Waals surface area contributed by atoms with E-state index in [1.54, 1.807) is 12.1 Å². The predicted octanol–water partition coefficient (Wildman–Crippen LogP) is 0.529. The summed E-state index contributed by atoms with van der Waals surface area (Å²) in [5, 5.41) is 9.74. The number of sulfone groups is 1. The first kappa shape index (κ1) is 13.2. The molecule has 7 heteroatoms. The second-order valence-corrected chi connectivity index (χ2v) is 6.04. The Hall–Kier alpha value is -2.28. The lowest BCUT2D eigenvalue weighted by Crippen LogP contribution is -2.24. The van der Waals surface area contributed by atoms with Crippen LogP contribution < -0.4 is 11.3 Å². The molecule has 0 saturated carbocycles. The quantitative estimate of drug-likeness (QED) is 0.781. The zero-order valence-corrected chi connectivity index (χ0v) is 10.9. The van der Waals surface area contributed by atoms with Gasteiger partial charge in [0.05, 0.1) is 5.69 Å². The lowest BCUT2D eigenvalue weighted by Gasteiger charge is -2.10. The average molecular weight is 280 g/mol. The second kappa shape index (κ2) is 4.43. The Labute approximate surface area is 109 Å². The van der Waals surface area contributed by atoms with Gasteiger partial charge in [0, 0.05) is 18.0 Å². The van der Waals surface area contributed by atoms with E-state index in [2.05, 4.69) is 0 Å². The van der Waals surface area contributed by atoms with Gasteiger partial charge >= 0.3 is 0 Å². The van der Waals surface area contributed by atoms with Crippen molar-refractivity contribution >= 4 is 15.5 Å². The third-order valence-corrected chi connectivity index (χ3v) is 3.69. The average Bonchev–Trinajstić information content (AvgIpc) is 2.29. The number of benzene rings is 1. The molecular weight excluding hydrogens is 268 g/mol. The largest absolute Gasteiger partial charge is 0.494 e. The van der Waals surface area contributed by atoms with Gasteiger partial charge in [-0.15, -0.1) is 0 Å². The molecule has 19 heavy (non-hydrogen) atoms. The summed E-state index contributed by atoms with van der Waals surface area (Å²) in [6.07, 6.45) is 0.939. The number of pyridine rings is 1. The molecule has 6 nitrogen and oxygen atoms in total. The maximum Gasteiger partial charge on any atom is 0.276 e. The van der Waals surface area contributed by atoms with Crippen LogP contribution in [0.2, 0.25) is 0 Å². The van der Waals surface area contributed by atoms with Gasteiger partial charge in [-0.3, -0.25) is 4.79 Å². The van der Waals surface area contributed by atoms with Gasteiger partial charge in [0.2, 0.25) is 0 Å². The van der Waals surface area contributed by atoms with E-state index in [1.807, 2.05) is 0 Å². The van der Waals surface area contributed by atoms with Crippen LogP contribution in [-0.4, -0.2) is 24.3 Å². The van der Waals surface area contributed by atoms with E-state index >= 15 is 0 Å². The van der Waals surface area contributed by atoms with Gasteiger partial charge in [-0.1, -0.05) is 0 Å². The molecule has 2 aromatic rings. The van der Waals surface area contributed by atoms with Crippen LogP contribution in [-0.2, 0) is 9.84 Å². The van der Waals surface area contributed by atoms with Crippen molar-refractivity contribution < 1.29 is 13.5 Å². The minimum atomic E-state index is -3.66. The second-order valence-electron chi connectivity index (χ2n) is 4.06. The number of aromatic nitrogens is 1. The molecule has 1 heterocycles. The van der Waals surface area contributed by atoms with Crippen LogP contribution in [0.25, 0.3) is 5.69 Å². The number of rotatable bonds is 2. The summed E-state index contributed by atoms with van der Waals surface area (Å²) in [4.78, 5) is 11.7. The lowest BCUT2D eigenvalue weighted by molar-refractivity contribution is 0.433. The van der Waals surface area contributed by atoms with Crippen molar-refractivity contribution in [2.75, 3.05) is 12.0 Å². The van der Waals surface area contributed by atoms with Crippen molar-refractivity contribution in [3.8, 4) is 11.6 Å². The first-order valence-electron chi connectivity index (χ1n) is 5.31. The molecule has 0 atom stereocenters. The summed E-state index contributed by atoms with van der Waals surface area (Å²) in [5.74, 6) is -0.345. The Morgan fingerprint density at radius 3 is 2.21 bits per heavy atom. The van der Waals surface area contributed by atoms with E-state index in [0.29, 0.717) is 11.4 Å². The smallest absolute Gasteiger partial charge is 0.276 e. The molecule has 2 rings (SSSR count). The van der Waals surface area contributed by atoms with Gasteiger partial charge in [0.1, 0.15) is 4.90 Å². The first-order valence-corrected chi connectivity index (χ1v) is 7.21. The number of aromatic hydroxyl groups is 1. The van der Waals surface area contributed by atoms with Crippen LogP contribution >= 0.6 is 0 Å². The molecule has 0 saturated heterocycles. The Morgan fingerprint density at radius 1 is 1.11 bits per heavy atom. The van der Waals surface area contributed by atoms with Crippen molar-refractivity contribution in [1.29, 1.82) is 0 Å². The highest BCUT2D eigenvalue weighted by atomic mass is 32.2. The minimum Gasteiger partial charge on any atom is -0.494 e. The van der Waals surface area contributed by atoms with Crippen molar-refractivity contribution in [3.05, 3.63) is 46.8 Å². The van der Waals surface area contributed by atoms with Gasteiger partial charge in [-0.2, -0.15) is 0 Å². The molecule has 0 aliphatic rings. The fraction of sp³-hybridized carbons (Fsp3) is 0.0833. The summed E-state index contributed by atoms with van der Waals surface area (Å²) in [6.45, 7) is 0. The minimum absolute atomic E-state index is 0.335. The van der Waals surface area contributed by atoms with Crippen LogP contribution in [0.5, 0.6) is 5.88 Å². The number of nitrogen functional groups attached to an aromatic ring is 1. The van der Waals surface area contributed by atoms with Crippen molar-refractivity contribution in [1.82, 2.24) is 4.57 Å². The third kappa shape index (κ3) is 2.45. The van der Waals surface area contributed by atoms with E-state index in [-0.39, 0.29) is 10.8 Å². The summed E-state index contributed by atoms with van der Waals surface area (Å²) in [5.41, 5.74) is 5.57. The lowest BCUT2D eigenvalue weighted by atomic mass is 10.3. The number of anilines is 1. The summed E-state index contributed by atoms with van der Waals surface area (Å²) in [6, 6.07) is 8.38. The maximum atomic E-state index is 12.1. The van der Waals surface area contributed by atoms with Crippen molar-refractivity contribution in [3.63, 3.8) is 0 Å². The Kier molecular flexibility index (Phi) is 3.07. The van der Waals surface area contributed by atoms with Crippen LogP contribution in [0.3, 0.4) is 0 Å². The highest BCUT2D eigenvalue weighted by molar-refractivity contribution is 7.90. The molecule has 0 spiro atoms. The fourth-order valence-electron chi connectivity index (χ4n) is 1.67. The topological polar surface area (TPSA) is 102 Å². The zero-order chi connectivity index (χ0) is 14.2. The van der Waals surface area contributed by atoms with Gasteiger partial charge in [-0.05, 0) is 30.3 Å². The summed E-state index contributed by atoms with van der Waals surface area (Å²) < 4.78 is 23.9. The van der Waals surface area contributed by atoms with Crippen molar-refractivity contribution in [2.45, 2.75) is 4.90 Å². The number of hydrogen-bond acceptors (Lipinski definition) is 5. The van der Waals surface area contributed by atoms with E-state index in [0.717, 1.165) is 23.0 Å². The van der Waals surface area contributed by atoms with Crippen LogP contribution in [0, 0.1) is 0 Å². The van der Waals surface area contributed by atoms with Crippen LogP contribution in [0.4, 0.5) is 5.69 Å². The van der Waals surface area contributed by atoms with Crippen LogP contribution in [0.15, 0.2) is 46.1 Å². The SMILES string of the molecule is CS(=O)(=O)c1ccc(O)n(-c2ccc(N)cc2)c1=O. The molecule has 0 fully saturated rings. The number of nitrogens with zero attached hydrogens (tertiary/aromatic N) is 1. The van der Waals surface area contributed by atoms with E-state index < -0.39 is 15.4 Å². The number of nitrogens with two attached hydrogens (primary N) is 1. The Balaban J connectivity index is 2.77. The molecule has 0 bridgehead atoms. The normalized spacial score (nSPS) is 11.4. The van der Waals surface area contributed by atoms with E-state index in [4.69, 9.17) is 5.73 Å². The standard InChI is InChI=1S/C12H12N2O4S/c1-19(17,18)10-6-7-11(15)14(12(10)16)9-4-2-8(13)3-5-9/h2-7,15H,13H2,1H3. The zero-order valence-electron chi connectivity index (χ0n) is 10.1. The highest BCUT2D eigenvalue weighted by Gasteiger charge is 2.17. The molecule has 1 aromatic carbocycles. The predicted molar refractivity (Wildman–Crippen MR) is 71.2 cm³/mol. The van der Waals surface area contributed by atoms with Crippen molar-refractivity contribution in [2.24, 2.45) is 0 Å². The molecule has 0 aliphatic carbocycles. The summed E-state index contributed by atoms with van der Waals surface area (Å²) >= 11 is 0. The van der Waals surface area contributed by atoms with E-state index in [1.165, 1.54) is 12.1 Å². The van der Waals surface area contributed by atoms with Gasteiger partial charge in [0.25, 0.3) is 5.56 Å². The Bertz CT molecular complexity index is 776. The molecule has 0 radical (unpaired) electrons. The fourth-order valence-corrected chi connectivity index (χ4v) is 2.39.